The number of fused-ring (bicyclic) bond motifs is 6. The maximum absolute atomic E-state index is 13.0. The Morgan fingerprint density at radius 2 is 0.750 bits per heavy atom. The van der Waals surface area contributed by atoms with Crippen LogP contribution in [0.1, 0.15) is 20.9 Å². The van der Waals surface area contributed by atoms with Gasteiger partial charge < -0.3 is 0 Å². The summed E-state index contributed by atoms with van der Waals surface area (Å²) in [6.07, 6.45) is -4.47. The first kappa shape index (κ1) is 28.5. The average Bonchev–Trinajstić information content (AvgIpc) is 3.79. The number of rotatable bonds is 4. The quantitative estimate of drug-likeness (QED) is 0.160. The topological polar surface area (TPSA) is 0 Å². The Morgan fingerprint density at radius 3 is 1.11 bits per heavy atom. The van der Waals surface area contributed by atoms with Gasteiger partial charge in [-0.25, -0.2) is 0 Å². The summed E-state index contributed by atoms with van der Waals surface area (Å²) in [5, 5.41) is 0. The van der Waals surface area contributed by atoms with Gasteiger partial charge in [-0.2, -0.15) is 26.3 Å². The molecule has 0 amide bonds. The maximum Gasteiger partial charge on any atom is 0.416 e. The van der Waals surface area contributed by atoms with Gasteiger partial charge in [-0.05, 0) is 71.8 Å². The van der Waals surface area contributed by atoms with E-state index in [0.717, 1.165) is 73.7 Å². The summed E-state index contributed by atoms with van der Waals surface area (Å²) in [5.74, 6) is 0. The molecular formula is C32H14F6S6. The number of thiophene rings is 6. The van der Waals surface area contributed by atoms with Gasteiger partial charge in [0.05, 0.1) is 29.9 Å². The molecule has 0 fully saturated rings. The zero-order chi connectivity index (χ0) is 30.4. The third kappa shape index (κ3) is 5.01. The normalized spacial score (nSPS) is 13.1. The molecule has 8 rings (SSSR count). The summed E-state index contributed by atoms with van der Waals surface area (Å²) in [7, 11) is 0. The molecule has 0 bridgehead atoms. The number of alkyl halides is 6. The summed E-state index contributed by atoms with van der Waals surface area (Å²) in [6, 6.07) is 19.1. The Morgan fingerprint density at radius 1 is 0.409 bits per heavy atom. The van der Waals surface area contributed by atoms with Crippen molar-refractivity contribution in [3.8, 4) is 20.9 Å². The molecule has 0 aliphatic carbocycles. The second-order valence-electron chi connectivity index (χ2n) is 9.98. The van der Waals surface area contributed by atoms with Gasteiger partial charge >= 0.3 is 12.4 Å². The van der Waals surface area contributed by atoms with E-state index in [1.807, 2.05) is 0 Å². The molecule has 44 heavy (non-hydrogen) atoms. The van der Waals surface area contributed by atoms with Gasteiger partial charge in [0.1, 0.15) is 0 Å². The van der Waals surface area contributed by atoms with Crippen molar-refractivity contribution >= 4 is 118 Å². The second-order valence-corrected chi connectivity index (χ2v) is 16.4. The van der Waals surface area contributed by atoms with Gasteiger partial charge in [-0.1, -0.05) is 24.3 Å². The molecule has 220 valence electrons. The van der Waals surface area contributed by atoms with E-state index in [0.29, 0.717) is 0 Å². The van der Waals surface area contributed by atoms with E-state index in [1.54, 1.807) is 68.0 Å². The van der Waals surface area contributed by atoms with E-state index in [9.17, 15) is 26.3 Å². The van der Waals surface area contributed by atoms with Crippen LogP contribution in [0.15, 0.2) is 72.8 Å². The highest BCUT2D eigenvalue weighted by Crippen LogP contribution is 2.48. The van der Waals surface area contributed by atoms with Crippen molar-refractivity contribution in [2.75, 3.05) is 0 Å². The number of hydrogen-bond acceptors (Lipinski definition) is 6. The van der Waals surface area contributed by atoms with Gasteiger partial charge in [0.2, 0.25) is 0 Å². The van der Waals surface area contributed by atoms with Crippen LogP contribution in [0, 0.1) is 0 Å². The fourth-order valence-electron chi connectivity index (χ4n) is 4.97. The first-order valence-corrected chi connectivity index (χ1v) is 17.8. The Bertz CT molecular complexity index is 2180. The third-order valence-electron chi connectivity index (χ3n) is 7.09. The van der Waals surface area contributed by atoms with E-state index in [1.165, 1.54) is 43.1 Å². The van der Waals surface area contributed by atoms with Crippen LogP contribution in [0.4, 0.5) is 26.3 Å². The summed E-state index contributed by atoms with van der Waals surface area (Å²) in [6.45, 7) is 0. The van der Waals surface area contributed by atoms with Gasteiger partial charge in [-0.3, -0.25) is 0 Å². The number of benzene rings is 2. The first-order valence-electron chi connectivity index (χ1n) is 12.9. The molecule has 0 spiro atoms. The van der Waals surface area contributed by atoms with Crippen LogP contribution < -0.4 is 0 Å². The highest BCUT2D eigenvalue weighted by molar-refractivity contribution is 7.40. The minimum Gasteiger partial charge on any atom is -0.166 e. The third-order valence-corrected chi connectivity index (χ3v) is 14.7. The SMILES string of the molecule is FC(F)(F)c1ccc(-c2cc3sc4cc(/C=C/c5cc6sc7cc(-c8ccc(C(F)(F)F)cc8)sc7c6s5)sc4c3s2)cc1. The number of hydrogen-bond donors (Lipinski definition) is 0. The monoisotopic (exact) mass is 704 g/mol. The molecule has 2 aromatic carbocycles. The molecule has 8 aromatic rings. The molecule has 0 unspecified atom stereocenters. The molecule has 0 saturated carbocycles. The van der Waals surface area contributed by atoms with Gasteiger partial charge in [0.25, 0.3) is 0 Å². The molecule has 6 heterocycles. The fourth-order valence-corrected chi connectivity index (χ4v) is 12.8. The summed E-state index contributed by atoms with van der Waals surface area (Å²) >= 11 is 10.0. The minimum absolute atomic E-state index is 0.648. The second kappa shape index (κ2) is 10.3. The van der Waals surface area contributed by atoms with Crippen molar-refractivity contribution in [1.82, 2.24) is 0 Å². The molecule has 6 aromatic heterocycles. The van der Waals surface area contributed by atoms with E-state index in [2.05, 4.69) is 36.4 Å². The molecule has 0 nitrogen and oxygen atoms in total. The van der Waals surface area contributed by atoms with Crippen LogP contribution in [0.2, 0.25) is 0 Å². The predicted molar refractivity (Wildman–Crippen MR) is 180 cm³/mol. The molecule has 0 N–H and O–H groups in total. The van der Waals surface area contributed by atoms with Gasteiger partial charge in [-0.15, -0.1) is 68.0 Å². The van der Waals surface area contributed by atoms with Crippen molar-refractivity contribution in [2.24, 2.45) is 0 Å². The molecular weight excluding hydrogens is 691 g/mol. The smallest absolute Gasteiger partial charge is 0.166 e. The Balaban J connectivity index is 1.04. The fraction of sp³-hybridized carbons (Fsp3) is 0.0625. The van der Waals surface area contributed by atoms with Crippen LogP contribution in [-0.4, -0.2) is 0 Å². The van der Waals surface area contributed by atoms with Crippen LogP contribution in [-0.2, 0) is 12.4 Å². The lowest BCUT2D eigenvalue weighted by molar-refractivity contribution is -0.138. The van der Waals surface area contributed by atoms with Crippen LogP contribution in [0.5, 0.6) is 0 Å². The molecule has 0 radical (unpaired) electrons. The van der Waals surface area contributed by atoms with Crippen LogP contribution in [0.25, 0.3) is 70.6 Å². The largest absolute Gasteiger partial charge is 0.416 e. The highest BCUT2D eigenvalue weighted by Gasteiger charge is 2.31. The Hall–Kier alpha value is -3.00. The lowest BCUT2D eigenvalue weighted by Gasteiger charge is -2.06. The number of halogens is 6. The highest BCUT2D eigenvalue weighted by atomic mass is 32.1. The van der Waals surface area contributed by atoms with Gasteiger partial charge in [0, 0.05) is 38.3 Å². The molecule has 0 saturated heterocycles. The summed E-state index contributed by atoms with van der Waals surface area (Å²) < 4.78 is 87.1. The Kier molecular flexibility index (Phi) is 6.64. The summed E-state index contributed by atoms with van der Waals surface area (Å²) in [5.41, 5.74) is 0.260. The zero-order valence-electron chi connectivity index (χ0n) is 21.8. The molecule has 0 aliphatic heterocycles. The molecule has 12 heteroatoms. The lowest BCUT2D eigenvalue weighted by Crippen LogP contribution is -2.03. The lowest BCUT2D eigenvalue weighted by atomic mass is 10.1. The van der Waals surface area contributed by atoms with E-state index in [-0.39, 0.29) is 0 Å². The summed E-state index contributed by atoms with van der Waals surface area (Å²) in [4.78, 5) is 4.15. The average molecular weight is 705 g/mol. The predicted octanol–water partition coefficient (Wildman–Crippen LogP) is 14.2. The standard InChI is InChI=1S/C32H14F6S6/c33-31(34,35)17-5-1-15(2-6-17)21-13-25-29(43-21)27-23(41-25)11-19(39-27)9-10-20-12-24-28(40-20)30-26(42-24)14-22(44-30)16-3-7-18(8-4-16)32(36,37)38/h1-14H/b10-9+. The van der Waals surface area contributed by atoms with Crippen molar-refractivity contribution < 1.29 is 26.3 Å². The molecule has 0 aliphatic rings. The van der Waals surface area contributed by atoms with Crippen molar-refractivity contribution in [3.63, 3.8) is 0 Å². The minimum atomic E-state index is -4.35. The molecule has 0 atom stereocenters. The Labute approximate surface area is 269 Å². The van der Waals surface area contributed by atoms with E-state index < -0.39 is 23.5 Å². The zero-order valence-corrected chi connectivity index (χ0v) is 26.7. The van der Waals surface area contributed by atoms with E-state index in [4.69, 9.17) is 0 Å². The van der Waals surface area contributed by atoms with Crippen LogP contribution in [0.3, 0.4) is 0 Å². The van der Waals surface area contributed by atoms with E-state index >= 15 is 0 Å². The maximum atomic E-state index is 13.0. The van der Waals surface area contributed by atoms with Crippen molar-refractivity contribution in [2.45, 2.75) is 12.4 Å². The van der Waals surface area contributed by atoms with Gasteiger partial charge in [0.15, 0.2) is 0 Å². The van der Waals surface area contributed by atoms with Crippen molar-refractivity contribution in [1.29, 1.82) is 0 Å². The van der Waals surface area contributed by atoms with Crippen LogP contribution >= 0.6 is 68.0 Å². The van der Waals surface area contributed by atoms with Crippen molar-refractivity contribution in [3.05, 3.63) is 93.7 Å². The first-order chi connectivity index (χ1) is 21.0.